The molecule has 1 N–H and O–H groups in total. The van der Waals surface area contributed by atoms with E-state index in [-0.39, 0.29) is 5.57 Å². The van der Waals surface area contributed by atoms with Gasteiger partial charge in [-0.05, 0) is 55.3 Å². The summed E-state index contributed by atoms with van der Waals surface area (Å²) in [7, 11) is 1.58. The quantitative estimate of drug-likeness (QED) is 0.365. The first-order valence-electron chi connectivity index (χ1n) is 10.7. The number of aryl methyl sites for hydroxylation is 2. The predicted octanol–water partition coefficient (Wildman–Crippen LogP) is 5.33. The first kappa shape index (κ1) is 23.4. The molecular weight excluding hydrogens is 496 g/mol. The maximum absolute atomic E-state index is 13.1. The Morgan fingerprint density at radius 1 is 0.971 bits per heavy atom. The molecule has 4 amide bonds. The van der Waals surface area contributed by atoms with Gasteiger partial charge in [-0.2, -0.15) is 0 Å². The van der Waals surface area contributed by atoms with Crippen molar-refractivity contribution >= 4 is 45.5 Å². The molecule has 1 heterocycles. The van der Waals surface area contributed by atoms with Crippen LogP contribution in [0.5, 0.6) is 5.75 Å². The van der Waals surface area contributed by atoms with Gasteiger partial charge in [-0.1, -0.05) is 63.5 Å². The second-order valence-electron chi connectivity index (χ2n) is 8.15. The monoisotopic (exact) mass is 518 g/mol. The highest BCUT2D eigenvalue weighted by Gasteiger charge is 2.36. The highest BCUT2D eigenvalue weighted by molar-refractivity contribution is 9.10. The van der Waals surface area contributed by atoms with Crippen molar-refractivity contribution in [1.29, 1.82) is 0 Å². The maximum Gasteiger partial charge on any atom is 0.335 e. The molecule has 0 atom stereocenters. The molecule has 0 aromatic heterocycles. The minimum absolute atomic E-state index is 0.139. The summed E-state index contributed by atoms with van der Waals surface area (Å²) in [6, 6.07) is 17.7. The van der Waals surface area contributed by atoms with E-state index in [1.165, 1.54) is 17.2 Å². The zero-order valence-corrected chi connectivity index (χ0v) is 20.6. The van der Waals surface area contributed by atoms with Crippen molar-refractivity contribution in [3.8, 4) is 5.75 Å². The van der Waals surface area contributed by atoms with Gasteiger partial charge in [0.25, 0.3) is 11.8 Å². The number of imide groups is 2. The van der Waals surface area contributed by atoms with Gasteiger partial charge in [0.1, 0.15) is 11.3 Å². The van der Waals surface area contributed by atoms with Crippen LogP contribution in [0.4, 0.5) is 10.5 Å². The lowest BCUT2D eigenvalue weighted by molar-refractivity contribution is -0.122. The lowest BCUT2D eigenvalue weighted by atomic mass is 9.98. The van der Waals surface area contributed by atoms with Gasteiger partial charge in [-0.25, -0.2) is 9.69 Å². The number of benzene rings is 3. The Morgan fingerprint density at radius 2 is 1.65 bits per heavy atom. The number of para-hydroxylation sites is 1. The molecule has 6 nitrogen and oxygen atoms in total. The predicted molar refractivity (Wildman–Crippen MR) is 135 cm³/mol. The number of methoxy groups -OCH3 is 1. The van der Waals surface area contributed by atoms with Gasteiger partial charge >= 0.3 is 6.03 Å². The average Bonchev–Trinajstić information content (AvgIpc) is 2.78. The van der Waals surface area contributed by atoms with Crippen LogP contribution < -0.4 is 15.0 Å². The summed E-state index contributed by atoms with van der Waals surface area (Å²) in [4.78, 5) is 38.9. The van der Waals surface area contributed by atoms with E-state index in [0.717, 1.165) is 20.5 Å². The summed E-state index contributed by atoms with van der Waals surface area (Å²) in [5, 5.41) is 2.24. The highest BCUT2D eigenvalue weighted by Crippen LogP contribution is 2.33. The second-order valence-corrected chi connectivity index (χ2v) is 9.00. The summed E-state index contributed by atoms with van der Waals surface area (Å²) in [6.07, 6.45) is 2.12. The van der Waals surface area contributed by atoms with Gasteiger partial charge in [0.15, 0.2) is 0 Å². The Morgan fingerprint density at radius 3 is 2.29 bits per heavy atom. The molecule has 3 aromatic rings. The number of hydrogen-bond donors (Lipinski definition) is 1. The fourth-order valence-electron chi connectivity index (χ4n) is 4.08. The molecule has 1 saturated heterocycles. The van der Waals surface area contributed by atoms with Crippen LogP contribution in [0, 0.1) is 13.8 Å². The third-order valence-electron chi connectivity index (χ3n) is 5.49. The van der Waals surface area contributed by atoms with Crippen molar-refractivity contribution in [3.05, 3.63) is 98.5 Å². The molecule has 4 rings (SSSR count). The van der Waals surface area contributed by atoms with E-state index in [9.17, 15) is 14.4 Å². The van der Waals surface area contributed by atoms with Crippen molar-refractivity contribution in [1.82, 2.24) is 5.32 Å². The van der Waals surface area contributed by atoms with Gasteiger partial charge in [-0.15, -0.1) is 0 Å². The third-order valence-corrected chi connectivity index (χ3v) is 6.19. The normalized spacial score (nSPS) is 15.0. The van der Waals surface area contributed by atoms with Crippen LogP contribution in [0.15, 0.2) is 70.7 Å². The number of carbonyl (C=O) groups excluding carboxylic acids is 3. The summed E-state index contributed by atoms with van der Waals surface area (Å²) in [5.74, 6) is -0.800. The molecule has 0 radical (unpaired) electrons. The number of rotatable bonds is 5. The maximum atomic E-state index is 13.1. The van der Waals surface area contributed by atoms with Crippen LogP contribution in [-0.2, 0) is 16.0 Å². The van der Waals surface area contributed by atoms with Crippen LogP contribution >= 0.6 is 15.9 Å². The largest absolute Gasteiger partial charge is 0.496 e. The van der Waals surface area contributed by atoms with E-state index >= 15 is 0 Å². The van der Waals surface area contributed by atoms with Crippen LogP contribution in [0.1, 0.15) is 27.8 Å². The minimum atomic E-state index is -0.777. The first-order chi connectivity index (χ1) is 16.3. The minimum Gasteiger partial charge on any atom is -0.496 e. The Labute approximate surface area is 206 Å². The molecule has 0 aliphatic carbocycles. The molecule has 172 valence electrons. The van der Waals surface area contributed by atoms with E-state index < -0.39 is 17.8 Å². The van der Waals surface area contributed by atoms with Gasteiger partial charge in [0.05, 0.1) is 12.8 Å². The highest BCUT2D eigenvalue weighted by atomic mass is 79.9. The van der Waals surface area contributed by atoms with Crippen LogP contribution in [0.3, 0.4) is 0 Å². The van der Waals surface area contributed by atoms with Crippen LogP contribution in [0.25, 0.3) is 6.08 Å². The van der Waals surface area contributed by atoms with E-state index in [4.69, 9.17) is 4.74 Å². The molecule has 1 aliphatic rings. The lowest BCUT2D eigenvalue weighted by Crippen LogP contribution is -2.54. The summed E-state index contributed by atoms with van der Waals surface area (Å²) < 4.78 is 6.43. The summed E-state index contributed by atoms with van der Waals surface area (Å²) >= 11 is 3.63. The van der Waals surface area contributed by atoms with Gasteiger partial charge in [-0.3, -0.25) is 14.9 Å². The van der Waals surface area contributed by atoms with E-state index in [1.807, 2.05) is 6.07 Å². The molecule has 0 spiro atoms. The van der Waals surface area contributed by atoms with Gasteiger partial charge in [0.2, 0.25) is 0 Å². The van der Waals surface area contributed by atoms with E-state index in [2.05, 4.69) is 53.3 Å². The molecular formula is C27H23BrN2O4. The molecule has 0 saturated carbocycles. The average molecular weight is 519 g/mol. The Bertz CT molecular complexity index is 1310. The van der Waals surface area contributed by atoms with Gasteiger partial charge < -0.3 is 4.74 Å². The molecule has 1 aliphatic heterocycles. The second kappa shape index (κ2) is 9.65. The number of anilines is 1. The zero-order chi connectivity index (χ0) is 24.4. The number of nitrogens with one attached hydrogen (secondary N) is 1. The number of hydrogen-bond acceptors (Lipinski definition) is 4. The number of barbiturate groups is 1. The number of nitrogens with zero attached hydrogens (tertiary/aromatic N) is 1. The zero-order valence-electron chi connectivity index (χ0n) is 19.0. The molecule has 1 fully saturated rings. The fraction of sp³-hybridized carbons (Fsp3) is 0.148. The SMILES string of the molecule is COc1cc(/C=C2\C(=O)NC(=O)N(c3ccccc3)C2=O)cc(Br)c1Cc1cc(C)cc(C)c1. The van der Waals surface area contributed by atoms with Crippen molar-refractivity contribution in [3.63, 3.8) is 0 Å². The first-order valence-corrected chi connectivity index (χ1v) is 11.5. The standard InChI is InChI=1S/C27H23BrN2O4/c1-16-9-17(2)11-18(10-16)12-21-23(28)14-19(15-24(21)34-3)13-22-25(31)29-27(33)30(26(22)32)20-7-5-4-6-8-20/h4-11,13-15H,12H2,1-3H3,(H,29,31,33)/b22-13+. The van der Waals surface area contributed by atoms with E-state index in [0.29, 0.717) is 23.4 Å². The Hall–Kier alpha value is -3.71. The molecule has 0 unspecified atom stereocenters. The van der Waals surface area contributed by atoms with Crippen molar-refractivity contribution in [2.45, 2.75) is 20.3 Å². The number of ether oxygens (including phenoxy) is 1. The van der Waals surface area contributed by atoms with Crippen molar-refractivity contribution < 1.29 is 19.1 Å². The van der Waals surface area contributed by atoms with Gasteiger partial charge in [0, 0.05) is 16.5 Å². The van der Waals surface area contributed by atoms with Crippen molar-refractivity contribution in [2.75, 3.05) is 12.0 Å². The topological polar surface area (TPSA) is 75.7 Å². The smallest absolute Gasteiger partial charge is 0.335 e. The number of halogens is 1. The molecule has 0 bridgehead atoms. The Kier molecular flexibility index (Phi) is 6.65. The number of urea groups is 1. The number of amides is 4. The molecule has 7 heteroatoms. The van der Waals surface area contributed by atoms with Crippen LogP contribution in [-0.4, -0.2) is 25.0 Å². The van der Waals surface area contributed by atoms with Crippen molar-refractivity contribution in [2.24, 2.45) is 0 Å². The molecule has 3 aromatic carbocycles. The third kappa shape index (κ3) is 4.79. The summed E-state index contributed by atoms with van der Waals surface area (Å²) in [6.45, 7) is 4.13. The molecule has 34 heavy (non-hydrogen) atoms. The number of carbonyl (C=O) groups is 3. The summed E-state index contributed by atoms with van der Waals surface area (Å²) in [5.41, 5.74) is 5.31. The lowest BCUT2D eigenvalue weighted by Gasteiger charge is -2.26. The van der Waals surface area contributed by atoms with Crippen LogP contribution in [0.2, 0.25) is 0 Å². The fourth-order valence-corrected chi connectivity index (χ4v) is 4.68. The Balaban J connectivity index is 1.70. The van der Waals surface area contributed by atoms with E-state index in [1.54, 1.807) is 43.5 Å².